The van der Waals surface area contributed by atoms with Crippen LogP contribution in [-0.2, 0) is 14.8 Å². The zero-order valence-corrected chi connectivity index (χ0v) is 16.6. The maximum Gasteiger partial charge on any atom is 0.267 e. The molecule has 0 aliphatic rings. The smallest absolute Gasteiger partial charge is 0.267 e. The number of carbonyl (C=O) groups is 1. The Morgan fingerprint density at radius 1 is 1.21 bits per heavy atom. The molecular formula is C19H24N4O4S. The molecule has 2 rings (SSSR count). The molecule has 0 saturated carbocycles. The number of pyridine rings is 1. The molecule has 28 heavy (non-hydrogen) atoms. The Labute approximate surface area is 165 Å². The van der Waals surface area contributed by atoms with Gasteiger partial charge in [0.25, 0.3) is 5.91 Å². The molecule has 0 saturated heterocycles. The van der Waals surface area contributed by atoms with Gasteiger partial charge in [0.15, 0.2) is 0 Å². The molecule has 0 bridgehead atoms. The second-order valence-corrected chi connectivity index (χ2v) is 8.02. The highest BCUT2D eigenvalue weighted by Crippen LogP contribution is 2.17. The third-order valence-corrected chi connectivity index (χ3v) is 6.00. The molecule has 1 aromatic heterocycles. The third kappa shape index (κ3) is 5.62. The molecule has 0 spiro atoms. The first-order valence-corrected chi connectivity index (χ1v) is 10.2. The molecule has 0 aliphatic carbocycles. The number of carbonyl (C=O) groups excluding carboxylic acids is 1. The van der Waals surface area contributed by atoms with Crippen LogP contribution < -0.4 is 10.4 Å². The molecule has 0 radical (unpaired) electrons. The van der Waals surface area contributed by atoms with E-state index in [4.69, 9.17) is 5.21 Å². The number of rotatable bonds is 9. The molecule has 0 unspecified atom stereocenters. The van der Waals surface area contributed by atoms with Gasteiger partial charge in [-0.2, -0.15) is 4.31 Å². The van der Waals surface area contributed by atoms with Crippen LogP contribution >= 0.6 is 0 Å². The fourth-order valence-electron chi connectivity index (χ4n) is 2.52. The number of nitrogens with zero attached hydrogens (tertiary/aromatic N) is 3. The van der Waals surface area contributed by atoms with Gasteiger partial charge < -0.3 is 4.90 Å². The van der Waals surface area contributed by atoms with Crippen LogP contribution in [0.5, 0.6) is 0 Å². The first kappa shape index (κ1) is 21.5. The molecule has 2 aromatic rings. The standard InChI is InChI=1S/C19H24N4O4S/c1-3-23(18-9-4-5-12-20-18)14-13-22(2)28(26,27)17-8-6-7-16(15-17)10-11-19(24)21-25/h4-12,15,25H,3,13-14H2,1-2H3,(H,21,24)/b11-10+. The van der Waals surface area contributed by atoms with Gasteiger partial charge in [0.1, 0.15) is 5.82 Å². The summed E-state index contributed by atoms with van der Waals surface area (Å²) in [5.41, 5.74) is 2.01. The van der Waals surface area contributed by atoms with Crippen molar-refractivity contribution in [1.29, 1.82) is 0 Å². The largest absolute Gasteiger partial charge is 0.356 e. The maximum atomic E-state index is 12.9. The molecule has 150 valence electrons. The lowest BCUT2D eigenvalue weighted by Gasteiger charge is -2.25. The van der Waals surface area contributed by atoms with Crippen molar-refractivity contribution in [3.05, 3.63) is 60.3 Å². The number of hydroxylamine groups is 1. The summed E-state index contributed by atoms with van der Waals surface area (Å²) in [7, 11) is -2.16. The first-order valence-electron chi connectivity index (χ1n) is 8.73. The van der Waals surface area contributed by atoms with Crippen molar-refractivity contribution in [3.63, 3.8) is 0 Å². The number of likely N-dealkylation sites (N-methyl/N-ethyl adjacent to an activating group) is 2. The summed E-state index contributed by atoms with van der Waals surface area (Å²) < 4.78 is 27.0. The van der Waals surface area contributed by atoms with Crippen molar-refractivity contribution in [1.82, 2.24) is 14.8 Å². The lowest BCUT2D eigenvalue weighted by molar-refractivity contribution is -0.124. The minimum atomic E-state index is -3.69. The Hall–Kier alpha value is -2.75. The van der Waals surface area contributed by atoms with Gasteiger partial charge in [-0.25, -0.2) is 18.9 Å². The van der Waals surface area contributed by atoms with Gasteiger partial charge in [0.2, 0.25) is 10.0 Å². The quantitative estimate of drug-likeness (QED) is 0.375. The number of hydrogen-bond donors (Lipinski definition) is 2. The van der Waals surface area contributed by atoms with Crippen LogP contribution in [0.1, 0.15) is 12.5 Å². The summed E-state index contributed by atoms with van der Waals surface area (Å²) in [4.78, 5) is 17.5. The van der Waals surface area contributed by atoms with Gasteiger partial charge in [0, 0.05) is 39.0 Å². The van der Waals surface area contributed by atoms with Gasteiger partial charge in [-0.1, -0.05) is 18.2 Å². The normalized spacial score (nSPS) is 11.7. The number of nitrogens with one attached hydrogen (secondary N) is 1. The van der Waals surface area contributed by atoms with Crippen molar-refractivity contribution in [2.45, 2.75) is 11.8 Å². The van der Waals surface area contributed by atoms with E-state index >= 15 is 0 Å². The average molecular weight is 404 g/mol. The zero-order valence-electron chi connectivity index (χ0n) is 15.8. The second kappa shape index (κ2) is 9.98. The molecule has 0 fully saturated rings. The van der Waals surface area contributed by atoms with Crippen molar-refractivity contribution in [2.24, 2.45) is 0 Å². The zero-order chi connectivity index (χ0) is 20.6. The van der Waals surface area contributed by atoms with E-state index in [0.29, 0.717) is 25.2 Å². The lowest BCUT2D eigenvalue weighted by atomic mass is 10.2. The third-order valence-electron chi connectivity index (χ3n) is 4.14. The highest BCUT2D eigenvalue weighted by atomic mass is 32.2. The Morgan fingerprint density at radius 3 is 2.64 bits per heavy atom. The van der Waals surface area contributed by atoms with Crippen LogP contribution in [0.15, 0.2) is 59.6 Å². The molecule has 9 heteroatoms. The highest BCUT2D eigenvalue weighted by Gasteiger charge is 2.21. The van der Waals surface area contributed by atoms with Crippen molar-refractivity contribution in [3.8, 4) is 0 Å². The van der Waals surface area contributed by atoms with Crippen LogP contribution in [0.4, 0.5) is 5.82 Å². The Morgan fingerprint density at radius 2 is 2.00 bits per heavy atom. The van der Waals surface area contributed by atoms with E-state index in [0.717, 1.165) is 11.9 Å². The Bertz CT molecular complexity index is 917. The maximum absolute atomic E-state index is 12.9. The number of hydrogen-bond acceptors (Lipinski definition) is 6. The molecule has 0 atom stereocenters. The van der Waals surface area contributed by atoms with Crippen molar-refractivity contribution >= 4 is 27.8 Å². The van der Waals surface area contributed by atoms with E-state index in [-0.39, 0.29) is 4.90 Å². The number of amides is 1. The summed E-state index contributed by atoms with van der Waals surface area (Å²) in [5, 5.41) is 8.51. The van der Waals surface area contributed by atoms with Crippen molar-refractivity contribution in [2.75, 3.05) is 31.6 Å². The number of sulfonamides is 1. The molecule has 1 aromatic carbocycles. The van der Waals surface area contributed by atoms with E-state index in [9.17, 15) is 13.2 Å². The minimum absolute atomic E-state index is 0.127. The Kier molecular flexibility index (Phi) is 7.68. The predicted octanol–water partition coefficient (Wildman–Crippen LogP) is 1.75. The SMILES string of the molecule is CCN(CCN(C)S(=O)(=O)c1cccc(/C=C/C(=O)NO)c1)c1ccccn1. The van der Waals surface area contributed by atoms with Crippen LogP contribution in [0.2, 0.25) is 0 Å². The molecule has 2 N–H and O–H groups in total. The number of benzene rings is 1. The van der Waals surface area contributed by atoms with Crippen LogP contribution in [-0.4, -0.2) is 55.5 Å². The van der Waals surface area contributed by atoms with E-state index < -0.39 is 15.9 Å². The summed E-state index contributed by atoms with van der Waals surface area (Å²) >= 11 is 0. The van der Waals surface area contributed by atoms with Gasteiger partial charge in [-0.15, -0.1) is 0 Å². The topological polar surface area (TPSA) is 103 Å². The summed E-state index contributed by atoms with van der Waals surface area (Å²) in [5.74, 6) is 0.102. The van der Waals surface area contributed by atoms with Gasteiger partial charge in [0.05, 0.1) is 4.90 Å². The monoisotopic (exact) mass is 404 g/mol. The highest BCUT2D eigenvalue weighted by molar-refractivity contribution is 7.89. The van der Waals surface area contributed by atoms with E-state index in [1.807, 2.05) is 30.0 Å². The second-order valence-electron chi connectivity index (χ2n) is 5.98. The average Bonchev–Trinajstić information content (AvgIpc) is 2.73. The summed E-state index contributed by atoms with van der Waals surface area (Å²) in [6.45, 7) is 3.48. The van der Waals surface area contributed by atoms with E-state index in [2.05, 4.69) is 4.98 Å². The van der Waals surface area contributed by atoms with Gasteiger partial charge in [-0.3, -0.25) is 10.0 Å². The summed E-state index contributed by atoms with van der Waals surface area (Å²) in [6.07, 6.45) is 4.24. The summed E-state index contributed by atoms with van der Waals surface area (Å²) in [6, 6.07) is 11.9. The Balaban J connectivity index is 2.11. The van der Waals surface area contributed by atoms with E-state index in [1.165, 1.54) is 35.0 Å². The number of aromatic nitrogens is 1. The van der Waals surface area contributed by atoms with E-state index in [1.54, 1.807) is 18.3 Å². The molecule has 1 amide bonds. The van der Waals surface area contributed by atoms with Crippen molar-refractivity contribution < 1.29 is 18.4 Å². The molecule has 0 aliphatic heterocycles. The molecular weight excluding hydrogens is 380 g/mol. The van der Waals surface area contributed by atoms with Crippen LogP contribution in [0, 0.1) is 0 Å². The van der Waals surface area contributed by atoms with Gasteiger partial charge in [-0.05, 0) is 42.8 Å². The molecule has 1 heterocycles. The van der Waals surface area contributed by atoms with Gasteiger partial charge >= 0.3 is 0 Å². The fraction of sp³-hybridized carbons (Fsp3) is 0.263. The first-order chi connectivity index (χ1) is 13.4. The van der Waals surface area contributed by atoms with Crippen LogP contribution in [0.3, 0.4) is 0 Å². The minimum Gasteiger partial charge on any atom is -0.356 e. The predicted molar refractivity (Wildman–Crippen MR) is 107 cm³/mol. The number of anilines is 1. The molecule has 8 nitrogen and oxygen atoms in total. The fourth-order valence-corrected chi connectivity index (χ4v) is 3.74. The van der Waals surface area contributed by atoms with Crippen LogP contribution in [0.25, 0.3) is 6.08 Å². The lowest BCUT2D eigenvalue weighted by Crippen LogP contribution is -2.36.